The Morgan fingerprint density at radius 2 is 1.96 bits per heavy atom. The molecule has 0 bridgehead atoms. The molecule has 0 spiro atoms. The fourth-order valence-corrected chi connectivity index (χ4v) is 3.90. The average molecular weight is 370 g/mol. The minimum atomic E-state index is -0.517. The monoisotopic (exact) mass is 369 g/mol. The number of aromatic nitrogens is 2. The van der Waals surface area contributed by atoms with Crippen molar-refractivity contribution in [2.45, 2.75) is 24.4 Å². The van der Waals surface area contributed by atoms with Gasteiger partial charge in [-0.05, 0) is 23.4 Å². The SMILES string of the molecule is CCSc1nc2c(c(=O)[nH]1)C(c1c(Cl)cccc1Cl)CC(=O)N2. The number of rotatable bonds is 3. The van der Waals surface area contributed by atoms with E-state index in [0.717, 1.165) is 5.75 Å². The highest BCUT2D eigenvalue weighted by molar-refractivity contribution is 7.99. The summed E-state index contributed by atoms with van der Waals surface area (Å²) in [6, 6.07) is 5.11. The molecule has 2 heterocycles. The molecule has 8 heteroatoms. The highest BCUT2D eigenvalue weighted by Gasteiger charge is 2.33. The predicted octanol–water partition coefficient (Wildman–Crippen LogP) is 3.66. The van der Waals surface area contributed by atoms with E-state index in [2.05, 4.69) is 15.3 Å². The fraction of sp³-hybridized carbons (Fsp3) is 0.267. The molecule has 23 heavy (non-hydrogen) atoms. The third kappa shape index (κ3) is 3.11. The molecule has 1 aromatic heterocycles. The lowest BCUT2D eigenvalue weighted by Crippen LogP contribution is -2.31. The first-order valence-electron chi connectivity index (χ1n) is 7.02. The first-order chi connectivity index (χ1) is 11.0. The number of halogens is 2. The van der Waals surface area contributed by atoms with E-state index in [4.69, 9.17) is 23.2 Å². The van der Waals surface area contributed by atoms with E-state index in [1.807, 2.05) is 6.92 Å². The Morgan fingerprint density at radius 3 is 2.61 bits per heavy atom. The maximum absolute atomic E-state index is 12.5. The molecule has 1 aliphatic rings. The molecule has 1 aliphatic heterocycles. The van der Waals surface area contributed by atoms with Gasteiger partial charge in [-0.15, -0.1) is 0 Å². The standard InChI is InChI=1S/C15H13Cl2N3O2S/c1-2-23-15-19-13-12(14(22)20-15)7(6-10(21)18-13)11-8(16)4-3-5-9(11)17/h3-5,7H,2,6H2,1H3,(H2,18,19,20,21,22). The Hall–Kier alpha value is -1.50. The lowest BCUT2D eigenvalue weighted by molar-refractivity contribution is -0.116. The number of H-pyrrole nitrogens is 1. The lowest BCUT2D eigenvalue weighted by Gasteiger charge is -2.25. The van der Waals surface area contributed by atoms with Crippen molar-refractivity contribution in [1.82, 2.24) is 9.97 Å². The number of carbonyl (C=O) groups excluding carboxylic acids is 1. The number of hydrogen-bond acceptors (Lipinski definition) is 4. The van der Waals surface area contributed by atoms with Crippen molar-refractivity contribution >= 4 is 46.7 Å². The number of carbonyl (C=O) groups is 1. The minimum Gasteiger partial charge on any atom is -0.310 e. The number of hydrogen-bond donors (Lipinski definition) is 2. The van der Waals surface area contributed by atoms with E-state index in [1.165, 1.54) is 11.8 Å². The van der Waals surface area contributed by atoms with Crippen molar-refractivity contribution in [2.24, 2.45) is 0 Å². The molecule has 5 nitrogen and oxygen atoms in total. The van der Waals surface area contributed by atoms with Crippen LogP contribution in [-0.4, -0.2) is 21.6 Å². The number of nitrogens with one attached hydrogen (secondary N) is 2. The number of nitrogens with zero attached hydrogens (tertiary/aromatic N) is 1. The summed E-state index contributed by atoms with van der Waals surface area (Å²) in [7, 11) is 0. The summed E-state index contributed by atoms with van der Waals surface area (Å²) in [4.78, 5) is 31.7. The number of benzene rings is 1. The van der Waals surface area contributed by atoms with Crippen LogP contribution in [0.1, 0.15) is 30.4 Å². The Bertz CT molecular complexity index is 818. The van der Waals surface area contributed by atoms with Gasteiger partial charge in [0.2, 0.25) is 5.91 Å². The lowest BCUT2D eigenvalue weighted by atomic mass is 9.87. The van der Waals surface area contributed by atoms with Crippen molar-refractivity contribution in [3.8, 4) is 0 Å². The minimum absolute atomic E-state index is 0.0987. The topological polar surface area (TPSA) is 74.8 Å². The number of aromatic amines is 1. The number of thioether (sulfide) groups is 1. The normalized spacial score (nSPS) is 16.8. The highest BCUT2D eigenvalue weighted by Crippen LogP contribution is 2.40. The summed E-state index contributed by atoms with van der Waals surface area (Å²) >= 11 is 13.9. The summed E-state index contributed by atoms with van der Waals surface area (Å²) in [5.41, 5.74) is 0.683. The zero-order valence-electron chi connectivity index (χ0n) is 12.2. The van der Waals surface area contributed by atoms with Crippen molar-refractivity contribution < 1.29 is 4.79 Å². The van der Waals surface area contributed by atoms with E-state index in [1.54, 1.807) is 18.2 Å². The molecule has 120 valence electrons. The van der Waals surface area contributed by atoms with Crippen molar-refractivity contribution in [3.05, 3.63) is 49.7 Å². The molecular formula is C15H13Cl2N3O2S. The summed E-state index contributed by atoms with van der Waals surface area (Å²) in [5.74, 6) is 0.304. The van der Waals surface area contributed by atoms with Crippen LogP contribution in [-0.2, 0) is 4.79 Å². The molecule has 0 saturated heterocycles. The fourth-order valence-electron chi connectivity index (χ4n) is 2.65. The molecule has 1 unspecified atom stereocenters. The smallest absolute Gasteiger partial charge is 0.257 e. The average Bonchev–Trinajstić information content (AvgIpc) is 2.46. The molecule has 1 atom stereocenters. The maximum atomic E-state index is 12.5. The third-order valence-electron chi connectivity index (χ3n) is 3.56. The van der Waals surface area contributed by atoms with E-state index >= 15 is 0 Å². The molecule has 2 N–H and O–H groups in total. The second-order valence-electron chi connectivity index (χ2n) is 5.01. The summed E-state index contributed by atoms with van der Waals surface area (Å²) in [6.45, 7) is 1.95. The van der Waals surface area contributed by atoms with Gasteiger partial charge in [0.1, 0.15) is 5.82 Å². The number of fused-ring (bicyclic) bond motifs is 1. The van der Waals surface area contributed by atoms with Crippen LogP contribution in [0.25, 0.3) is 0 Å². The van der Waals surface area contributed by atoms with Gasteiger partial charge in [-0.25, -0.2) is 4.98 Å². The first kappa shape index (κ1) is 16.4. The van der Waals surface area contributed by atoms with E-state index in [9.17, 15) is 9.59 Å². The van der Waals surface area contributed by atoms with Crippen LogP contribution in [0.5, 0.6) is 0 Å². The highest BCUT2D eigenvalue weighted by atomic mass is 35.5. The van der Waals surface area contributed by atoms with Gasteiger partial charge >= 0.3 is 0 Å². The third-order valence-corrected chi connectivity index (χ3v) is 4.97. The van der Waals surface area contributed by atoms with Crippen LogP contribution in [0.3, 0.4) is 0 Å². The second kappa shape index (κ2) is 6.55. The molecule has 0 radical (unpaired) electrons. The van der Waals surface area contributed by atoms with E-state index < -0.39 is 5.92 Å². The number of amides is 1. The zero-order valence-corrected chi connectivity index (χ0v) is 14.5. The van der Waals surface area contributed by atoms with E-state index in [-0.39, 0.29) is 23.7 Å². The van der Waals surface area contributed by atoms with Crippen molar-refractivity contribution in [2.75, 3.05) is 11.1 Å². The van der Waals surface area contributed by atoms with Gasteiger partial charge in [-0.2, -0.15) is 0 Å². The van der Waals surface area contributed by atoms with Crippen LogP contribution < -0.4 is 10.9 Å². The van der Waals surface area contributed by atoms with Gasteiger partial charge < -0.3 is 10.3 Å². The van der Waals surface area contributed by atoms with Crippen LogP contribution in [0.4, 0.5) is 5.82 Å². The van der Waals surface area contributed by atoms with Gasteiger partial charge in [0, 0.05) is 22.4 Å². The van der Waals surface area contributed by atoms with Crippen LogP contribution in [0, 0.1) is 0 Å². The van der Waals surface area contributed by atoms with Crippen molar-refractivity contribution in [3.63, 3.8) is 0 Å². The molecule has 0 saturated carbocycles. The largest absolute Gasteiger partial charge is 0.310 e. The Balaban J connectivity index is 2.20. The first-order valence-corrected chi connectivity index (χ1v) is 8.76. The Labute approximate surface area is 146 Å². The van der Waals surface area contributed by atoms with E-state index in [0.29, 0.717) is 26.3 Å². The van der Waals surface area contributed by atoms with Crippen LogP contribution >= 0.6 is 35.0 Å². The summed E-state index contributed by atoms with van der Waals surface area (Å²) in [6.07, 6.45) is 0.0987. The summed E-state index contributed by atoms with van der Waals surface area (Å²) in [5, 5.41) is 3.99. The Kier molecular flexibility index (Phi) is 4.66. The van der Waals surface area contributed by atoms with Gasteiger partial charge in [0.05, 0.1) is 5.56 Å². The van der Waals surface area contributed by atoms with Crippen LogP contribution in [0.2, 0.25) is 10.0 Å². The van der Waals surface area contributed by atoms with Gasteiger partial charge in [-0.3, -0.25) is 9.59 Å². The van der Waals surface area contributed by atoms with Gasteiger partial charge in [-0.1, -0.05) is 48.0 Å². The van der Waals surface area contributed by atoms with Crippen LogP contribution in [0.15, 0.2) is 28.2 Å². The predicted molar refractivity (Wildman–Crippen MR) is 92.8 cm³/mol. The quantitative estimate of drug-likeness (QED) is 0.639. The molecule has 1 aromatic carbocycles. The Morgan fingerprint density at radius 1 is 1.26 bits per heavy atom. The molecule has 0 aliphatic carbocycles. The second-order valence-corrected chi connectivity index (χ2v) is 7.07. The molecule has 1 amide bonds. The summed E-state index contributed by atoms with van der Waals surface area (Å²) < 4.78 is 0. The molecule has 0 fully saturated rings. The molecular weight excluding hydrogens is 357 g/mol. The molecule has 2 aromatic rings. The van der Waals surface area contributed by atoms with Gasteiger partial charge in [0.25, 0.3) is 5.56 Å². The number of anilines is 1. The van der Waals surface area contributed by atoms with Gasteiger partial charge in [0.15, 0.2) is 5.16 Å². The zero-order chi connectivity index (χ0) is 16.6. The van der Waals surface area contributed by atoms with Crippen molar-refractivity contribution in [1.29, 1.82) is 0 Å². The maximum Gasteiger partial charge on any atom is 0.257 e. The molecule has 3 rings (SSSR count).